The number of hydrazone groups is 1. The van der Waals surface area contributed by atoms with Crippen molar-refractivity contribution in [2.24, 2.45) is 5.10 Å². The molecule has 5 nitrogen and oxygen atoms in total. The molecule has 0 aliphatic carbocycles. The Balaban J connectivity index is 1.68. The molecular formula is C24H22N3O2S+. The van der Waals surface area contributed by atoms with Crippen molar-refractivity contribution in [3.63, 3.8) is 0 Å². The number of aryl methyl sites for hydroxylation is 1. The molecule has 0 saturated carbocycles. The summed E-state index contributed by atoms with van der Waals surface area (Å²) >= 11 is 0. The van der Waals surface area contributed by atoms with E-state index in [9.17, 15) is 8.42 Å². The van der Waals surface area contributed by atoms with Gasteiger partial charge in [0.25, 0.3) is 10.0 Å². The van der Waals surface area contributed by atoms with Gasteiger partial charge in [0.2, 0.25) is 0 Å². The summed E-state index contributed by atoms with van der Waals surface area (Å²) < 4.78 is 27.2. The van der Waals surface area contributed by atoms with E-state index < -0.39 is 10.0 Å². The van der Waals surface area contributed by atoms with Crippen molar-refractivity contribution in [2.45, 2.75) is 18.4 Å². The van der Waals surface area contributed by atoms with Gasteiger partial charge in [-0.2, -0.15) is 22.9 Å². The largest absolute Gasteiger partial charge is 0.276 e. The number of hydrogen-bond donors (Lipinski definition) is 1. The number of rotatable bonds is 6. The van der Waals surface area contributed by atoms with Crippen LogP contribution < -0.4 is 9.40 Å². The Labute approximate surface area is 176 Å². The normalized spacial score (nSPS) is 12.1. The minimum absolute atomic E-state index is 0.176. The molecule has 1 N–H and O–H groups in total. The summed E-state index contributed by atoms with van der Waals surface area (Å²) in [5.74, 6) is 0. The van der Waals surface area contributed by atoms with E-state index in [1.165, 1.54) is 0 Å². The molecule has 0 radical (unpaired) electrons. The molecule has 150 valence electrons. The van der Waals surface area contributed by atoms with Gasteiger partial charge < -0.3 is 0 Å². The number of pyridine rings is 1. The molecule has 0 bridgehead atoms. The van der Waals surface area contributed by atoms with Gasteiger partial charge in [0.15, 0.2) is 18.9 Å². The third kappa shape index (κ3) is 4.55. The van der Waals surface area contributed by atoms with Crippen molar-refractivity contribution in [3.8, 4) is 0 Å². The third-order valence-electron chi connectivity index (χ3n) is 4.82. The van der Waals surface area contributed by atoms with Crippen molar-refractivity contribution in [3.05, 3.63) is 108 Å². The van der Waals surface area contributed by atoms with E-state index >= 15 is 0 Å². The summed E-state index contributed by atoms with van der Waals surface area (Å²) in [5, 5.41) is 6.56. The maximum absolute atomic E-state index is 12.6. The molecule has 0 saturated heterocycles. The van der Waals surface area contributed by atoms with Crippen LogP contribution >= 0.6 is 0 Å². The lowest BCUT2D eigenvalue weighted by Gasteiger charge is -2.08. The molecule has 0 fully saturated rings. The van der Waals surface area contributed by atoms with E-state index in [1.54, 1.807) is 30.3 Å². The maximum Gasteiger partial charge on any atom is 0.276 e. The molecule has 6 heteroatoms. The quantitative estimate of drug-likeness (QED) is 0.295. The topological polar surface area (TPSA) is 62.4 Å². The Bertz CT molecular complexity index is 1300. The second-order valence-electron chi connectivity index (χ2n) is 7.08. The second kappa shape index (κ2) is 8.47. The molecule has 0 aliphatic heterocycles. The number of benzene rings is 3. The van der Waals surface area contributed by atoms with Crippen molar-refractivity contribution >= 4 is 26.5 Å². The number of nitrogens with zero attached hydrogens (tertiary/aromatic N) is 2. The second-order valence-corrected chi connectivity index (χ2v) is 8.74. The molecule has 0 spiro atoms. The van der Waals surface area contributed by atoms with Crippen LogP contribution in [0.2, 0.25) is 0 Å². The first-order valence-electron chi connectivity index (χ1n) is 9.60. The zero-order valence-corrected chi connectivity index (χ0v) is 17.4. The van der Waals surface area contributed by atoms with Crippen molar-refractivity contribution < 1.29 is 13.0 Å². The molecule has 0 unspecified atom stereocenters. The van der Waals surface area contributed by atoms with Gasteiger partial charge in [-0.25, -0.2) is 0 Å². The Morgan fingerprint density at radius 1 is 0.867 bits per heavy atom. The molecule has 0 amide bonds. The van der Waals surface area contributed by atoms with E-state index in [0.717, 1.165) is 21.9 Å². The summed E-state index contributed by atoms with van der Waals surface area (Å²) in [4.78, 5) is 2.57. The standard InChI is InChI=1S/C24H22N3O2S/c1-19-11-13-21(14-12-19)24(25-26-30(28,29)23-9-3-2-4-10-23)18-27-16-15-20-7-5-6-8-22(20)17-27/h2-17,26H,18H2,1H3/q+1/b25-24-. The van der Waals surface area contributed by atoms with E-state index in [1.807, 2.05) is 72.4 Å². The van der Waals surface area contributed by atoms with Gasteiger partial charge in [0, 0.05) is 17.0 Å². The number of nitrogens with one attached hydrogen (secondary N) is 1. The van der Waals surface area contributed by atoms with Crippen LogP contribution in [0, 0.1) is 6.92 Å². The number of sulfonamides is 1. The summed E-state index contributed by atoms with van der Waals surface area (Å²) in [6.45, 7) is 2.43. The molecule has 0 atom stereocenters. The highest BCUT2D eigenvalue weighted by Crippen LogP contribution is 2.11. The van der Waals surface area contributed by atoms with Crippen LogP contribution in [0.5, 0.6) is 0 Å². The molecule has 1 aromatic heterocycles. The third-order valence-corrected chi connectivity index (χ3v) is 6.04. The summed E-state index contributed by atoms with van der Waals surface area (Å²) in [6, 6.07) is 26.3. The van der Waals surface area contributed by atoms with E-state index in [-0.39, 0.29) is 4.90 Å². The Morgan fingerprint density at radius 3 is 2.27 bits per heavy atom. The molecule has 4 rings (SSSR count). The molecule has 0 aliphatic rings. The first-order chi connectivity index (χ1) is 14.5. The van der Waals surface area contributed by atoms with Gasteiger partial charge >= 0.3 is 0 Å². The van der Waals surface area contributed by atoms with Crippen molar-refractivity contribution in [1.29, 1.82) is 0 Å². The first kappa shape index (κ1) is 19.8. The number of aromatic nitrogens is 1. The lowest BCUT2D eigenvalue weighted by Crippen LogP contribution is -2.38. The minimum Gasteiger partial charge on any atom is -0.200 e. The fourth-order valence-corrected chi connectivity index (χ4v) is 4.01. The lowest BCUT2D eigenvalue weighted by molar-refractivity contribution is -0.680. The lowest BCUT2D eigenvalue weighted by atomic mass is 10.1. The highest BCUT2D eigenvalue weighted by molar-refractivity contribution is 7.89. The van der Waals surface area contributed by atoms with Crippen LogP contribution in [0.3, 0.4) is 0 Å². The fourth-order valence-electron chi connectivity index (χ4n) is 3.15. The molecular weight excluding hydrogens is 394 g/mol. The first-order valence-corrected chi connectivity index (χ1v) is 11.1. The average molecular weight is 417 g/mol. The van der Waals surface area contributed by atoms with E-state index in [4.69, 9.17) is 0 Å². The molecule has 30 heavy (non-hydrogen) atoms. The summed E-state index contributed by atoms with van der Waals surface area (Å²) in [6.07, 6.45) is 4.00. The molecule has 1 heterocycles. The van der Waals surface area contributed by atoms with Gasteiger partial charge in [-0.3, -0.25) is 0 Å². The van der Waals surface area contributed by atoms with Gasteiger partial charge in [-0.15, -0.1) is 0 Å². The van der Waals surface area contributed by atoms with Gasteiger partial charge in [0.05, 0.1) is 4.90 Å². The van der Waals surface area contributed by atoms with Crippen LogP contribution in [0.25, 0.3) is 10.8 Å². The zero-order valence-electron chi connectivity index (χ0n) is 16.6. The van der Waals surface area contributed by atoms with E-state index in [2.05, 4.69) is 16.0 Å². The van der Waals surface area contributed by atoms with Crippen molar-refractivity contribution in [1.82, 2.24) is 4.83 Å². The highest BCUT2D eigenvalue weighted by Gasteiger charge is 2.16. The van der Waals surface area contributed by atoms with Crippen LogP contribution in [0.15, 0.2) is 107 Å². The van der Waals surface area contributed by atoms with Gasteiger partial charge in [0.1, 0.15) is 5.71 Å². The SMILES string of the molecule is Cc1ccc(/C(C[n+]2ccc3ccccc3c2)=N\NS(=O)(=O)c2ccccc2)cc1. The Hall–Kier alpha value is -3.51. The monoisotopic (exact) mass is 416 g/mol. The zero-order chi connectivity index (χ0) is 21.0. The van der Waals surface area contributed by atoms with E-state index in [0.29, 0.717) is 12.3 Å². The smallest absolute Gasteiger partial charge is 0.200 e. The van der Waals surface area contributed by atoms with Crippen LogP contribution in [0.4, 0.5) is 0 Å². The van der Waals surface area contributed by atoms with Crippen molar-refractivity contribution in [2.75, 3.05) is 0 Å². The van der Waals surface area contributed by atoms with Crippen LogP contribution in [-0.4, -0.2) is 14.1 Å². The summed E-state index contributed by atoms with van der Waals surface area (Å²) in [5.41, 5.74) is 2.60. The average Bonchev–Trinajstić information content (AvgIpc) is 2.78. The predicted octanol–water partition coefficient (Wildman–Crippen LogP) is 3.82. The highest BCUT2D eigenvalue weighted by atomic mass is 32.2. The van der Waals surface area contributed by atoms with Gasteiger partial charge in [-0.1, -0.05) is 66.2 Å². The number of fused-ring (bicyclic) bond motifs is 1. The Kier molecular flexibility index (Phi) is 5.59. The molecule has 4 aromatic rings. The van der Waals surface area contributed by atoms with Crippen LogP contribution in [0.1, 0.15) is 11.1 Å². The van der Waals surface area contributed by atoms with Gasteiger partial charge in [-0.05, 0) is 30.5 Å². The molecule has 3 aromatic carbocycles. The van der Waals surface area contributed by atoms with Crippen LogP contribution in [-0.2, 0) is 16.6 Å². The fraction of sp³-hybridized carbons (Fsp3) is 0.0833. The Morgan fingerprint density at radius 2 is 1.53 bits per heavy atom. The predicted molar refractivity (Wildman–Crippen MR) is 119 cm³/mol. The maximum atomic E-state index is 12.6. The summed E-state index contributed by atoms with van der Waals surface area (Å²) in [7, 11) is -3.75. The number of hydrogen-bond acceptors (Lipinski definition) is 3. The minimum atomic E-state index is -3.75.